The molecule has 0 aliphatic rings. The van der Waals surface area contributed by atoms with E-state index in [-0.39, 0.29) is 5.91 Å². The smallest absolute Gasteiger partial charge is 0.280 e. The number of hydrogen-bond acceptors (Lipinski definition) is 5. The zero-order valence-corrected chi connectivity index (χ0v) is 16.0. The van der Waals surface area contributed by atoms with Gasteiger partial charge in [-0.2, -0.15) is 10.1 Å². The number of amides is 1. The summed E-state index contributed by atoms with van der Waals surface area (Å²) >= 11 is 1.39. The number of hydrazone groups is 1. The number of aromatic nitrogens is 1. The number of rotatable bonds is 5. The summed E-state index contributed by atoms with van der Waals surface area (Å²) in [6, 6.07) is 24.3. The molecule has 0 bridgehead atoms. The highest BCUT2D eigenvalue weighted by Gasteiger charge is 2.21. The molecule has 0 aliphatic heterocycles. The van der Waals surface area contributed by atoms with Crippen LogP contribution in [0.25, 0.3) is 10.2 Å². The number of ether oxygens (including phenoxy) is 1. The Kier molecular flexibility index (Phi) is 5.12. The highest BCUT2D eigenvalue weighted by molar-refractivity contribution is 7.22. The lowest BCUT2D eigenvalue weighted by Crippen LogP contribution is -2.25. The summed E-state index contributed by atoms with van der Waals surface area (Å²) in [4.78, 5) is 17.7. The predicted molar refractivity (Wildman–Crippen MR) is 113 cm³/mol. The number of methoxy groups -OCH3 is 1. The van der Waals surface area contributed by atoms with E-state index in [2.05, 4.69) is 10.1 Å². The number of carbonyl (C=O) groups is 1. The van der Waals surface area contributed by atoms with Crippen LogP contribution < -0.4 is 9.75 Å². The molecule has 0 fully saturated rings. The minimum Gasteiger partial charge on any atom is -0.497 e. The molecule has 0 saturated carbocycles. The van der Waals surface area contributed by atoms with Gasteiger partial charge < -0.3 is 4.74 Å². The second kappa shape index (κ2) is 8.02. The quantitative estimate of drug-likeness (QED) is 0.358. The van der Waals surface area contributed by atoms with Gasteiger partial charge >= 0.3 is 0 Å². The minimum absolute atomic E-state index is 0.237. The molecule has 4 rings (SSSR count). The topological polar surface area (TPSA) is 54.8 Å². The van der Waals surface area contributed by atoms with E-state index in [9.17, 15) is 4.79 Å². The van der Waals surface area contributed by atoms with E-state index in [0.717, 1.165) is 21.5 Å². The first kappa shape index (κ1) is 17.9. The molecular formula is C22H17N3O2S. The number of hydrogen-bond donors (Lipinski definition) is 0. The van der Waals surface area contributed by atoms with Gasteiger partial charge in [0, 0.05) is 5.56 Å². The van der Waals surface area contributed by atoms with Gasteiger partial charge in [-0.1, -0.05) is 59.9 Å². The van der Waals surface area contributed by atoms with E-state index in [1.807, 2.05) is 66.7 Å². The molecule has 138 valence electrons. The summed E-state index contributed by atoms with van der Waals surface area (Å²) < 4.78 is 6.21. The fourth-order valence-electron chi connectivity index (χ4n) is 2.67. The van der Waals surface area contributed by atoms with Crippen LogP contribution in [0, 0.1) is 0 Å². The van der Waals surface area contributed by atoms with Gasteiger partial charge in [0.1, 0.15) is 5.75 Å². The molecule has 0 saturated heterocycles. The molecule has 0 atom stereocenters. The third-order valence-electron chi connectivity index (χ3n) is 4.10. The Morgan fingerprint density at radius 3 is 2.46 bits per heavy atom. The maximum atomic E-state index is 13.1. The molecule has 5 nitrogen and oxygen atoms in total. The Morgan fingerprint density at radius 1 is 1.04 bits per heavy atom. The van der Waals surface area contributed by atoms with Crippen molar-refractivity contribution in [2.24, 2.45) is 5.10 Å². The van der Waals surface area contributed by atoms with Crippen LogP contribution in [0.3, 0.4) is 0 Å². The molecule has 28 heavy (non-hydrogen) atoms. The fraction of sp³-hybridized carbons (Fsp3) is 0.0455. The number of anilines is 1. The van der Waals surface area contributed by atoms with Crippen LogP contribution in [-0.2, 0) is 0 Å². The molecular weight excluding hydrogens is 370 g/mol. The first-order valence-electron chi connectivity index (χ1n) is 8.68. The third-order valence-corrected chi connectivity index (χ3v) is 5.09. The molecule has 1 amide bonds. The van der Waals surface area contributed by atoms with Gasteiger partial charge in [0.25, 0.3) is 5.91 Å². The largest absolute Gasteiger partial charge is 0.497 e. The van der Waals surface area contributed by atoms with Crippen LogP contribution in [0.1, 0.15) is 15.9 Å². The Morgan fingerprint density at radius 2 is 1.75 bits per heavy atom. The van der Waals surface area contributed by atoms with Crippen molar-refractivity contribution in [1.29, 1.82) is 0 Å². The van der Waals surface area contributed by atoms with Gasteiger partial charge in [-0.3, -0.25) is 4.79 Å². The third kappa shape index (κ3) is 3.77. The summed E-state index contributed by atoms with van der Waals surface area (Å²) in [6.45, 7) is 0. The highest BCUT2D eigenvalue weighted by atomic mass is 32.1. The fourth-order valence-corrected chi connectivity index (χ4v) is 3.62. The van der Waals surface area contributed by atoms with Crippen LogP contribution in [-0.4, -0.2) is 24.2 Å². The van der Waals surface area contributed by atoms with E-state index in [0.29, 0.717) is 10.7 Å². The SMILES string of the molecule is COc1ccc2nc(N(/N=C/c3ccccc3)C(=O)c3ccccc3)sc2c1. The van der Waals surface area contributed by atoms with Gasteiger partial charge in [0.15, 0.2) is 0 Å². The first-order chi connectivity index (χ1) is 13.7. The predicted octanol–water partition coefficient (Wildman–Crippen LogP) is 4.99. The average molecular weight is 387 g/mol. The zero-order chi connectivity index (χ0) is 19.3. The van der Waals surface area contributed by atoms with Crippen LogP contribution in [0.15, 0.2) is 84.0 Å². The molecule has 0 spiro atoms. The zero-order valence-electron chi connectivity index (χ0n) is 15.1. The Balaban J connectivity index is 1.76. The highest BCUT2D eigenvalue weighted by Crippen LogP contribution is 2.32. The van der Waals surface area contributed by atoms with Crippen LogP contribution in [0.4, 0.5) is 5.13 Å². The molecule has 1 aromatic heterocycles. The maximum absolute atomic E-state index is 13.1. The van der Waals surface area contributed by atoms with Crippen LogP contribution in [0.2, 0.25) is 0 Å². The Bertz CT molecular complexity index is 1120. The number of benzene rings is 3. The molecule has 6 heteroatoms. The van der Waals surface area contributed by atoms with Gasteiger partial charge in [-0.05, 0) is 35.9 Å². The average Bonchev–Trinajstić information content (AvgIpc) is 3.18. The summed E-state index contributed by atoms with van der Waals surface area (Å²) in [5.74, 6) is 0.509. The number of thiazole rings is 1. The lowest BCUT2D eigenvalue weighted by molar-refractivity contribution is 0.0988. The van der Waals surface area contributed by atoms with Crippen molar-refractivity contribution in [2.75, 3.05) is 12.1 Å². The van der Waals surface area contributed by atoms with E-state index >= 15 is 0 Å². The lowest BCUT2D eigenvalue weighted by Gasteiger charge is -2.13. The lowest BCUT2D eigenvalue weighted by atomic mass is 10.2. The summed E-state index contributed by atoms with van der Waals surface area (Å²) in [6.07, 6.45) is 1.66. The van der Waals surface area contributed by atoms with Crippen molar-refractivity contribution in [3.63, 3.8) is 0 Å². The molecule has 4 aromatic rings. The van der Waals surface area contributed by atoms with Crippen molar-refractivity contribution in [1.82, 2.24) is 4.98 Å². The molecule has 3 aromatic carbocycles. The van der Waals surface area contributed by atoms with Gasteiger partial charge in [-0.15, -0.1) is 0 Å². The van der Waals surface area contributed by atoms with Crippen LogP contribution >= 0.6 is 11.3 Å². The van der Waals surface area contributed by atoms with Gasteiger partial charge in [0.05, 0.1) is 23.5 Å². The van der Waals surface area contributed by atoms with Crippen molar-refractivity contribution in [3.05, 3.63) is 90.0 Å². The molecule has 0 unspecified atom stereocenters. The van der Waals surface area contributed by atoms with Crippen LogP contribution in [0.5, 0.6) is 5.75 Å². The summed E-state index contributed by atoms with van der Waals surface area (Å²) in [5.41, 5.74) is 2.24. The molecule has 0 aliphatic carbocycles. The standard InChI is InChI=1S/C22H17N3O2S/c1-27-18-12-13-19-20(14-18)28-22(24-19)25(21(26)17-10-6-3-7-11-17)23-15-16-8-4-2-5-9-16/h2-15H,1H3/b23-15+. The van der Waals surface area contributed by atoms with E-state index in [4.69, 9.17) is 4.74 Å². The summed E-state index contributed by atoms with van der Waals surface area (Å²) in [7, 11) is 1.62. The second-order valence-corrected chi connectivity index (χ2v) is 6.98. The number of carbonyl (C=O) groups excluding carboxylic acids is 1. The number of nitrogens with zero attached hydrogens (tertiary/aromatic N) is 3. The van der Waals surface area contributed by atoms with E-state index < -0.39 is 0 Å². The van der Waals surface area contributed by atoms with Gasteiger partial charge in [-0.25, -0.2) is 4.98 Å². The monoisotopic (exact) mass is 387 g/mol. The minimum atomic E-state index is -0.237. The first-order valence-corrected chi connectivity index (χ1v) is 9.49. The number of fused-ring (bicyclic) bond motifs is 1. The maximum Gasteiger partial charge on any atom is 0.280 e. The van der Waals surface area contributed by atoms with Crippen molar-refractivity contribution >= 4 is 38.8 Å². The second-order valence-electron chi connectivity index (χ2n) is 5.97. The molecule has 0 radical (unpaired) electrons. The summed E-state index contributed by atoms with van der Waals surface area (Å²) in [5, 5.41) is 6.30. The van der Waals surface area contributed by atoms with E-state index in [1.54, 1.807) is 25.5 Å². The Hall–Kier alpha value is -3.51. The molecule has 1 heterocycles. The van der Waals surface area contributed by atoms with E-state index in [1.165, 1.54) is 16.3 Å². The van der Waals surface area contributed by atoms with Gasteiger partial charge in [0.2, 0.25) is 5.13 Å². The normalized spacial score (nSPS) is 11.0. The van der Waals surface area contributed by atoms with Crippen molar-refractivity contribution < 1.29 is 9.53 Å². The van der Waals surface area contributed by atoms with Crippen molar-refractivity contribution in [2.45, 2.75) is 0 Å². The molecule has 0 N–H and O–H groups in total. The Labute approximate surface area is 166 Å². The van der Waals surface area contributed by atoms with Crippen molar-refractivity contribution in [3.8, 4) is 5.75 Å².